The van der Waals surface area contributed by atoms with Crippen molar-refractivity contribution in [3.63, 3.8) is 0 Å². The molecule has 126 valence electrons. The van der Waals surface area contributed by atoms with Gasteiger partial charge in [0.15, 0.2) is 0 Å². The molecule has 0 N–H and O–H groups in total. The Hall–Kier alpha value is -2.97. The Kier molecular flexibility index (Phi) is 3.81. The Bertz CT molecular complexity index is 963. The first kappa shape index (κ1) is 14.6. The van der Waals surface area contributed by atoms with Crippen molar-refractivity contribution in [2.75, 3.05) is 0 Å². The standard InChI is InChI=1S/C15H15F2N5O2/c1-10-5-3-4-6-13(10)24-9-12-11(7-8-21(12)14(16)17)22-15(23)20(2)18-19-22/h3-8,14H,9H2,1-2H3/i3T. The van der Waals surface area contributed by atoms with E-state index in [-0.39, 0.29) is 18.0 Å². The van der Waals surface area contributed by atoms with Gasteiger partial charge in [-0.2, -0.15) is 18.1 Å². The minimum atomic E-state index is -2.79. The molecule has 0 aliphatic carbocycles. The number of aromatic nitrogens is 5. The van der Waals surface area contributed by atoms with Crippen molar-refractivity contribution in [3.8, 4) is 11.4 Å². The zero-order valence-electron chi connectivity index (χ0n) is 14.0. The van der Waals surface area contributed by atoms with Crippen molar-refractivity contribution in [2.24, 2.45) is 7.05 Å². The molecule has 0 spiro atoms. The minimum Gasteiger partial charge on any atom is -0.487 e. The highest BCUT2D eigenvalue weighted by Gasteiger charge is 2.20. The van der Waals surface area contributed by atoms with Crippen LogP contribution in [0.4, 0.5) is 8.78 Å². The van der Waals surface area contributed by atoms with Crippen LogP contribution in [0, 0.1) is 6.92 Å². The molecule has 24 heavy (non-hydrogen) atoms. The van der Waals surface area contributed by atoms with E-state index < -0.39 is 12.2 Å². The molecule has 0 atom stereocenters. The van der Waals surface area contributed by atoms with Gasteiger partial charge in [-0.3, -0.25) is 4.57 Å². The van der Waals surface area contributed by atoms with Gasteiger partial charge >= 0.3 is 12.2 Å². The molecule has 3 aromatic rings. The Labute approximate surface area is 137 Å². The molecular weight excluding hydrogens is 320 g/mol. The Morgan fingerprint density at radius 2 is 2.12 bits per heavy atom. The summed E-state index contributed by atoms with van der Waals surface area (Å²) in [7, 11) is 1.41. The van der Waals surface area contributed by atoms with Crippen LogP contribution in [0.25, 0.3) is 5.69 Å². The highest BCUT2D eigenvalue weighted by atomic mass is 19.3. The molecule has 2 aromatic heterocycles. The SMILES string of the molecule is [3H]c1ccc(OCc2c(-n3nnn(C)c3=O)ccn2C(F)F)c(C)c1. The van der Waals surface area contributed by atoms with E-state index in [1.165, 1.54) is 19.3 Å². The Morgan fingerprint density at radius 1 is 1.33 bits per heavy atom. The normalized spacial score (nSPS) is 11.8. The molecule has 9 heteroatoms. The molecule has 0 aliphatic heterocycles. The molecule has 0 aliphatic rings. The quantitative estimate of drug-likeness (QED) is 0.715. The summed E-state index contributed by atoms with van der Waals surface area (Å²) in [6.45, 7) is -1.24. The third kappa shape index (κ3) is 2.80. The monoisotopic (exact) mass is 337 g/mol. The number of para-hydroxylation sites is 1. The topological polar surface area (TPSA) is 66.9 Å². The fraction of sp³-hybridized carbons (Fsp3) is 0.267. The number of hydrogen-bond donors (Lipinski definition) is 0. The molecule has 0 radical (unpaired) electrons. The summed E-state index contributed by atoms with van der Waals surface area (Å²) in [6.07, 6.45) is 1.17. The number of ether oxygens (including phenoxy) is 1. The van der Waals surface area contributed by atoms with Crippen LogP contribution in [0.15, 0.2) is 41.3 Å². The van der Waals surface area contributed by atoms with Crippen LogP contribution in [0.5, 0.6) is 5.75 Å². The highest BCUT2D eigenvalue weighted by molar-refractivity contribution is 5.38. The summed E-state index contributed by atoms with van der Waals surface area (Å²) in [6, 6.07) is 6.44. The van der Waals surface area contributed by atoms with Crippen molar-refractivity contribution >= 4 is 0 Å². The number of rotatable bonds is 5. The predicted molar refractivity (Wildman–Crippen MR) is 81.4 cm³/mol. The largest absolute Gasteiger partial charge is 0.487 e. The van der Waals surface area contributed by atoms with E-state index in [9.17, 15) is 13.6 Å². The van der Waals surface area contributed by atoms with Crippen molar-refractivity contribution in [3.05, 3.63) is 58.2 Å². The fourth-order valence-corrected chi connectivity index (χ4v) is 2.27. The molecule has 1 aromatic carbocycles. The van der Waals surface area contributed by atoms with Gasteiger partial charge in [0.1, 0.15) is 12.4 Å². The fourth-order valence-electron chi connectivity index (χ4n) is 2.27. The molecule has 3 rings (SSSR count). The van der Waals surface area contributed by atoms with Gasteiger partial charge in [0.25, 0.3) is 0 Å². The Balaban J connectivity index is 1.97. The van der Waals surface area contributed by atoms with Gasteiger partial charge in [-0.25, -0.2) is 4.79 Å². The molecular formula is C15H15F2N5O2. The third-order valence-corrected chi connectivity index (χ3v) is 3.54. The Morgan fingerprint density at radius 3 is 2.75 bits per heavy atom. The maximum atomic E-state index is 13.3. The summed E-state index contributed by atoms with van der Waals surface area (Å²) < 4.78 is 42.4. The predicted octanol–water partition coefficient (Wildman–Crippen LogP) is 2.05. The van der Waals surface area contributed by atoms with Crippen LogP contribution < -0.4 is 10.4 Å². The number of benzene rings is 1. The van der Waals surface area contributed by atoms with Gasteiger partial charge < -0.3 is 4.74 Å². The molecule has 0 amide bonds. The van der Waals surface area contributed by atoms with Crippen molar-refractivity contribution in [1.82, 2.24) is 24.4 Å². The van der Waals surface area contributed by atoms with Gasteiger partial charge in [-0.05, 0) is 35.0 Å². The summed E-state index contributed by atoms with van der Waals surface area (Å²) in [4.78, 5) is 12.0. The van der Waals surface area contributed by atoms with Crippen molar-refractivity contribution in [2.45, 2.75) is 20.1 Å². The van der Waals surface area contributed by atoms with Crippen LogP contribution in [0.1, 0.15) is 19.2 Å². The van der Waals surface area contributed by atoms with E-state index in [1.807, 2.05) is 0 Å². The van der Waals surface area contributed by atoms with E-state index in [2.05, 4.69) is 10.4 Å². The van der Waals surface area contributed by atoms with Crippen LogP contribution in [-0.4, -0.2) is 24.4 Å². The van der Waals surface area contributed by atoms with E-state index in [1.54, 1.807) is 25.1 Å². The lowest BCUT2D eigenvalue weighted by Gasteiger charge is -2.13. The van der Waals surface area contributed by atoms with Crippen molar-refractivity contribution in [1.29, 1.82) is 0 Å². The van der Waals surface area contributed by atoms with Crippen molar-refractivity contribution < 1.29 is 14.9 Å². The first-order chi connectivity index (χ1) is 11.9. The first-order valence-corrected chi connectivity index (χ1v) is 7.05. The van der Waals surface area contributed by atoms with Crippen LogP contribution in [0.2, 0.25) is 0 Å². The van der Waals surface area contributed by atoms with Gasteiger partial charge in [0.2, 0.25) is 0 Å². The second-order valence-electron chi connectivity index (χ2n) is 5.11. The van der Waals surface area contributed by atoms with Gasteiger partial charge in [0, 0.05) is 13.2 Å². The summed E-state index contributed by atoms with van der Waals surface area (Å²) in [5.41, 5.74) is 0.420. The van der Waals surface area contributed by atoms with Gasteiger partial charge in [-0.1, -0.05) is 18.2 Å². The maximum Gasteiger partial charge on any atom is 0.368 e. The molecule has 0 unspecified atom stereocenters. The van der Waals surface area contributed by atoms with E-state index in [4.69, 9.17) is 6.11 Å². The van der Waals surface area contributed by atoms with Crippen LogP contribution in [-0.2, 0) is 13.7 Å². The number of hydrogen-bond acceptors (Lipinski definition) is 4. The lowest BCUT2D eigenvalue weighted by Crippen LogP contribution is -2.23. The lowest BCUT2D eigenvalue weighted by atomic mass is 10.2. The highest BCUT2D eigenvalue weighted by Crippen LogP contribution is 2.24. The summed E-state index contributed by atoms with van der Waals surface area (Å²) in [5.74, 6) is 0.468. The minimum absolute atomic E-state index is 0.0898. The lowest BCUT2D eigenvalue weighted by molar-refractivity contribution is 0.0642. The molecule has 0 bridgehead atoms. The van der Waals surface area contributed by atoms with Gasteiger partial charge in [-0.15, -0.1) is 0 Å². The second kappa shape index (κ2) is 6.26. The van der Waals surface area contributed by atoms with E-state index in [0.29, 0.717) is 21.9 Å². The number of aryl methyl sites for hydroxylation is 2. The smallest absolute Gasteiger partial charge is 0.368 e. The number of tetrazole rings is 1. The zero-order valence-corrected chi connectivity index (χ0v) is 13.0. The number of alkyl halides is 2. The average Bonchev–Trinajstić information content (AvgIpc) is 3.11. The molecule has 0 saturated carbocycles. The third-order valence-electron chi connectivity index (χ3n) is 3.54. The van der Waals surface area contributed by atoms with E-state index >= 15 is 0 Å². The molecule has 7 nitrogen and oxygen atoms in total. The molecule has 2 heterocycles. The average molecular weight is 337 g/mol. The maximum absolute atomic E-state index is 13.3. The first-order valence-electron chi connectivity index (χ1n) is 7.55. The summed E-state index contributed by atoms with van der Waals surface area (Å²) >= 11 is 0. The zero-order chi connectivity index (χ0) is 18.1. The van der Waals surface area contributed by atoms with Crippen LogP contribution in [0.3, 0.4) is 0 Å². The number of nitrogens with zero attached hydrogens (tertiary/aromatic N) is 5. The summed E-state index contributed by atoms with van der Waals surface area (Å²) in [5, 5.41) is 7.27. The second-order valence-corrected chi connectivity index (χ2v) is 5.11. The molecule has 0 fully saturated rings. The van der Waals surface area contributed by atoms with Gasteiger partial charge in [0.05, 0.1) is 12.8 Å². The number of halogens is 2. The molecule has 0 saturated heterocycles. The van der Waals surface area contributed by atoms with Crippen LogP contribution >= 0.6 is 0 Å². The van der Waals surface area contributed by atoms with E-state index in [0.717, 1.165) is 9.36 Å².